The van der Waals surface area contributed by atoms with Crippen molar-refractivity contribution in [3.8, 4) is 5.69 Å². The summed E-state index contributed by atoms with van der Waals surface area (Å²) in [7, 11) is 1.98. The number of likely N-dealkylation sites (N-methyl/N-ethyl adjacent to an activating group) is 1. The van der Waals surface area contributed by atoms with Gasteiger partial charge >= 0.3 is 0 Å². The molecule has 0 bridgehead atoms. The Morgan fingerprint density at radius 3 is 2.70 bits per heavy atom. The molecule has 0 N–H and O–H groups in total. The fourth-order valence-corrected chi connectivity index (χ4v) is 3.65. The monoisotopic (exact) mass is 371 g/mol. The zero-order valence-corrected chi connectivity index (χ0v) is 15.2. The number of aromatic nitrogens is 1. The molecule has 0 aliphatic carbocycles. The van der Waals surface area contributed by atoms with Gasteiger partial charge in [0.05, 0.1) is 6.61 Å². The highest BCUT2D eigenvalue weighted by Gasteiger charge is 2.31. The van der Waals surface area contributed by atoms with Gasteiger partial charge in [-0.2, -0.15) is 0 Å². The number of nitrogens with zero attached hydrogens (tertiary/aromatic N) is 3. The summed E-state index contributed by atoms with van der Waals surface area (Å²) < 4.78 is 20.3. The minimum absolute atomic E-state index is 0.00766. The highest BCUT2D eigenvalue weighted by Crippen LogP contribution is 2.20. The third kappa shape index (κ3) is 3.65. The average molecular weight is 371 g/mol. The van der Waals surface area contributed by atoms with Crippen LogP contribution in [0.2, 0.25) is 0 Å². The predicted octanol–water partition coefficient (Wildman–Crippen LogP) is 1.19. The molecule has 0 radical (unpaired) electrons. The van der Waals surface area contributed by atoms with Crippen LogP contribution in [-0.2, 0) is 22.5 Å². The Labute approximate surface area is 156 Å². The molecule has 0 saturated carbocycles. The maximum atomic E-state index is 13.2. The maximum absolute atomic E-state index is 13.2. The zero-order valence-electron chi connectivity index (χ0n) is 15.2. The highest BCUT2D eigenvalue weighted by atomic mass is 19.1. The molecular weight excluding hydrogens is 349 g/mol. The van der Waals surface area contributed by atoms with E-state index in [0.29, 0.717) is 38.3 Å². The minimum atomic E-state index is -0.437. The van der Waals surface area contributed by atoms with Crippen LogP contribution >= 0.6 is 0 Å². The minimum Gasteiger partial charge on any atom is -0.366 e. The smallest absolute Gasteiger partial charge is 0.255 e. The van der Waals surface area contributed by atoms with Crippen molar-refractivity contribution < 1.29 is 13.9 Å². The number of carbonyl (C=O) groups is 1. The topological polar surface area (TPSA) is 54.8 Å². The zero-order chi connectivity index (χ0) is 19.0. The summed E-state index contributed by atoms with van der Waals surface area (Å²) in [5.74, 6) is -0.356. The Hall–Kier alpha value is -2.51. The van der Waals surface area contributed by atoms with Crippen molar-refractivity contribution in [2.24, 2.45) is 0 Å². The van der Waals surface area contributed by atoms with Crippen LogP contribution in [0.5, 0.6) is 0 Å². The summed E-state index contributed by atoms with van der Waals surface area (Å²) in [6, 6.07) is 7.41. The summed E-state index contributed by atoms with van der Waals surface area (Å²) in [5.41, 5.74) is 2.34. The van der Waals surface area contributed by atoms with Gasteiger partial charge in [0.15, 0.2) is 0 Å². The van der Waals surface area contributed by atoms with Crippen LogP contribution in [0.15, 0.2) is 41.3 Å². The predicted molar refractivity (Wildman–Crippen MR) is 98.4 cm³/mol. The van der Waals surface area contributed by atoms with Crippen molar-refractivity contribution in [2.45, 2.75) is 19.1 Å². The quantitative estimate of drug-likeness (QED) is 0.796. The number of rotatable bonds is 2. The van der Waals surface area contributed by atoms with Gasteiger partial charge in [0.25, 0.3) is 11.5 Å². The van der Waals surface area contributed by atoms with E-state index in [1.54, 1.807) is 29.3 Å². The van der Waals surface area contributed by atoms with E-state index < -0.39 is 6.10 Å². The van der Waals surface area contributed by atoms with Crippen LogP contribution in [-0.4, -0.2) is 59.7 Å². The Balaban J connectivity index is 1.58. The molecule has 1 atom stereocenters. The first-order chi connectivity index (χ1) is 13.0. The van der Waals surface area contributed by atoms with Crippen LogP contribution in [0.4, 0.5) is 4.39 Å². The van der Waals surface area contributed by atoms with E-state index in [4.69, 9.17) is 4.74 Å². The lowest BCUT2D eigenvalue weighted by Gasteiger charge is -2.35. The Morgan fingerprint density at radius 2 is 1.96 bits per heavy atom. The van der Waals surface area contributed by atoms with E-state index in [9.17, 15) is 14.0 Å². The van der Waals surface area contributed by atoms with E-state index in [1.165, 1.54) is 16.7 Å². The second kappa shape index (κ2) is 7.25. The van der Waals surface area contributed by atoms with Gasteiger partial charge in [0, 0.05) is 44.1 Å². The van der Waals surface area contributed by atoms with E-state index in [2.05, 4.69) is 4.90 Å². The molecule has 2 aliphatic rings. The van der Waals surface area contributed by atoms with E-state index in [0.717, 1.165) is 17.7 Å². The molecule has 1 aromatic heterocycles. The van der Waals surface area contributed by atoms with Gasteiger partial charge in [-0.3, -0.25) is 14.2 Å². The van der Waals surface area contributed by atoms with Crippen LogP contribution < -0.4 is 5.56 Å². The molecule has 1 aromatic carbocycles. The Kier molecular flexibility index (Phi) is 4.80. The molecule has 7 heteroatoms. The van der Waals surface area contributed by atoms with Gasteiger partial charge in [-0.05, 0) is 48.9 Å². The number of fused-ring (bicyclic) bond motifs is 1. The van der Waals surface area contributed by atoms with Gasteiger partial charge in [-0.25, -0.2) is 4.39 Å². The summed E-state index contributed by atoms with van der Waals surface area (Å²) in [4.78, 5) is 29.2. The van der Waals surface area contributed by atoms with Crippen LogP contribution in [0, 0.1) is 5.82 Å². The van der Waals surface area contributed by atoms with Crippen LogP contribution in [0.1, 0.15) is 11.1 Å². The molecule has 142 valence electrons. The molecule has 1 unspecified atom stereocenters. The lowest BCUT2D eigenvalue weighted by molar-refractivity contribution is -0.149. The average Bonchev–Trinajstić information content (AvgIpc) is 2.67. The SMILES string of the molecule is CN1CCOC(C(=O)N2CCc3cc(=O)n(-c4ccc(F)cc4)cc3C2)C1. The first-order valence-corrected chi connectivity index (χ1v) is 9.10. The van der Waals surface area contributed by atoms with Crippen molar-refractivity contribution in [2.75, 3.05) is 33.3 Å². The third-order valence-corrected chi connectivity index (χ3v) is 5.21. The normalized spacial score (nSPS) is 20.4. The molecular formula is C20H22FN3O3. The molecule has 3 heterocycles. The first-order valence-electron chi connectivity index (χ1n) is 9.10. The van der Waals surface area contributed by atoms with Gasteiger partial charge in [0.2, 0.25) is 0 Å². The number of halogens is 1. The summed E-state index contributed by atoms with van der Waals surface area (Å²) in [6.45, 7) is 3.00. The number of hydrogen-bond acceptors (Lipinski definition) is 4. The Bertz CT molecular complexity index is 910. The molecule has 4 rings (SSSR count). The van der Waals surface area contributed by atoms with Gasteiger partial charge in [-0.1, -0.05) is 0 Å². The molecule has 27 heavy (non-hydrogen) atoms. The highest BCUT2D eigenvalue weighted by molar-refractivity contribution is 5.81. The van der Waals surface area contributed by atoms with Crippen molar-refractivity contribution in [3.63, 3.8) is 0 Å². The number of amides is 1. The molecule has 1 fully saturated rings. The Morgan fingerprint density at radius 1 is 1.19 bits per heavy atom. The number of pyridine rings is 1. The van der Waals surface area contributed by atoms with Gasteiger partial charge in [-0.15, -0.1) is 0 Å². The largest absolute Gasteiger partial charge is 0.366 e. The van der Waals surface area contributed by atoms with Crippen molar-refractivity contribution >= 4 is 5.91 Å². The number of carbonyl (C=O) groups excluding carboxylic acids is 1. The standard InChI is InChI=1S/C20H22FN3O3/c1-22-8-9-27-18(13-22)20(26)23-7-6-14-10-19(25)24(12-15(14)11-23)17-4-2-16(21)3-5-17/h2-5,10,12,18H,6-9,11,13H2,1H3. The second-order valence-electron chi connectivity index (χ2n) is 7.14. The van der Waals surface area contributed by atoms with Crippen LogP contribution in [0.3, 0.4) is 0 Å². The fourth-order valence-electron chi connectivity index (χ4n) is 3.65. The van der Waals surface area contributed by atoms with Gasteiger partial charge < -0.3 is 14.5 Å². The van der Waals surface area contributed by atoms with Crippen molar-refractivity contribution in [1.82, 2.24) is 14.4 Å². The molecule has 2 aromatic rings. The molecule has 2 aliphatic heterocycles. The second-order valence-corrected chi connectivity index (χ2v) is 7.14. The molecule has 6 nitrogen and oxygen atoms in total. The van der Waals surface area contributed by atoms with Crippen molar-refractivity contribution in [3.05, 3.63) is 63.8 Å². The fraction of sp³-hybridized carbons (Fsp3) is 0.400. The molecule has 1 saturated heterocycles. The van der Waals surface area contributed by atoms with Crippen LogP contribution in [0.25, 0.3) is 5.69 Å². The maximum Gasteiger partial charge on any atom is 0.255 e. The third-order valence-electron chi connectivity index (χ3n) is 5.21. The van der Waals surface area contributed by atoms with E-state index in [1.807, 2.05) is 7.05 Å². The lowest BCUT2D eigenvalue weighted by atomic mass is 10.0. The first kappa shape index (κ1) is 17.9. The summed E-state index contributed by atoms with van der Waals surface area (Å²) in [5, 5.41) is 0. The molecule has 1 amide bonds. The van der Waals surface area contributed by atoms with E-state index >= 15 is 0 Å². The number of hydrogen-bond donors (Lipinski definition) is 0. The summed E-state index contributed by atoms with van der Waals surface area (Å²) in [6.07, 6.45) is 1.97. The molecule has 0 spiro atoms. The number of benzene rings is 1. The lowest BCUT2D eigenvalue weighted by Crippen LogP contribution is -2.51. The van der Waals surface area contributed by atoms with Crippen molar-refractivity contribution in [1.29, 1.82) is 0 Å². The van der Waals surface area contributed by atoms with E-state index in [-0.39, 0.29) is 17.3 Å². The number of morpholine rings is 1. The summed E-state index contributed by atoms with van der Waals surface area (Å²) >= 11 is 0. The number of ether oxygens (including phenoxy) is 1. The van der Waals surface area contributed by atoms with Gasteiger partial charge in [0.1, 0.15) is 11.9 Å².